The van der Waals surface area contributed by atoms with E-state index < -0.39 is 10.0 Å². The zero-order valence-corrected chi connectivity index (χ0v) is 14.0. The molecular formula is C13H14BrNO3S2. The van der Waals surface area contributed by atoms with Gasteiger partial charge in [-0.05, 0) is 51.5 Å². The smallest absolute Gasteiger partial charge is 0.251 e. The van der Waals surface area contributed by atoms with Gasteiger partial charge in [0.2, 0.25) is 0 Å². The molecule has 0 fully saturated rings. The second-order valence-corrected chi connectivity index (χ2v) is 7.78. The average molecular weight is 376 g/mol. The summed E-state index contributed by atoms with van der Waals surface area (Å²) in [6.45, 7) is 0.360. The van der Waals surface area contributed by atoms with Crippen LogP contribution in [0.15, 0.2) is 44.4 Å². The third-order valence-corrected chi connectivity index (χ3v) is 6.82. The van der Waals surface area contributed by atoms with Gasteiger partial charge >= 0.3 is 0 Å². The summed E-state index contributed by atoms with van der Waals surface area (Å²) in [5, 5.41) is 1.74. The maximum absolute atomic E-state index is 12.1. The van der Waals surface area contributed by atoms with Gasteiger partial charge in [0.25, 0.3) is 10.0 Å². The largest absolute Gasteiger partial charge is 0.497 e. The molecular weight excluding hydrogens is 362 g/mol. The SMILES string of the molecule is COc1ccc(CCNS(=O)(=O)c2sccc2Br)cc1. The molecule has 0 saturated heterocycles. The number of hydrogen-bond acceptors (Lipinski definition) is 4. The van der Waals surface area contributed by atoms with Crippen molar-refractivity contribution in [3.63, 3.8) is 0 Å². The molecule has 0 unspecified atom stereocenters. The summed E-state index contributed by atoms with van der Waals surface area (Å²) in [6.07, 6.45) is 0.631. The Morgan fingerprint density at radius 2 is 1.95 bits per heavy atom. The van der Waals surface area contributed by atoms with Crippen molar-refractivity contribution in [2.24, 2.45) is 0 Å². The van der Waals surface area contributed by atoms with Crippen molar-refractivity contribution in [2.75, 3.05) is 13.7 Å². The fourth-order valence-electron chi connectivity index (χ4n) is 1.66. The van der Waals surface area contributed by atoms with Crippen LogP contribution < -0.4 is 9.46 Å². The van der Waals surface area contributed by atoms with Crippen LogP contribution in [-0.2, 0) is 16.4 Å². The molecule has 20 heavy (non-hydrogen) atoms. The number of nitrogens with one attached hydrogen (secondary N) is 1. The molecule has 4 nitrogen and oxygen atoms in total. The molecule has 1 N–H and O–H groups in total. The summed E-state index contributed by atoms with van der Waals surface area (Å²) in [5.41, 5.74) is 1.05. The maximum Gasteiger partial charge on any atom is 0.251 e. The number of ether oxygens (including phenoxy) is 1. The molecule has 1 aromatic heterocycles. The van der Waals surface area contributed by atoms with E-state index in [1.807, 2.05) is 24.3 Å². The number of rotatable bonds is 6. The van der Waals surface area contributed by atoms with Gasteiger partial charge in [-0.15, -0.1) is 11.3 Å². The molecule has 0 atom stereocenters. The van der Waals surface area contributed by atoms with E-state index in [0.29, 0.717) is 21.6 Å². The van der Waals surface area contributed by atoms with Gasteiger partial charge in [-0.25, -0.2) is 13.1 Å². The van der Waals surface area contributed by atoms with Crippen LogP contribution >= 0.6 is 27.3 Å². The van der Waals surface area contributed by atoms with Gasteiger partial charge < -0.3 is 4.74 Å². The molecule has 1 aromatic carbocycles. The van der Waals surface area contributed by atoms with Crippen molar-refractivity contribution in [3.05, 3.63) is 45.7 Å². The lowest BCUT2D eigenvalue weighted by Crippen LogP contribution is -2.25. The Hall–Kier alpha value is -0.890. The maximum atomic E-state index is 12.1. The van der Waals surface area contributed by atoms with Crippen molar-refractivity contribution in [1.29, 1.82) is 0 Å². The van der Waals surface area contributed by atoms with Crippen LogP contribution in [0, 0.1) is 0 Å². The number of thiophene rings is 1. The minimum atomic E-state index is -3.43. The van der Waals surface area contributed by atoms with Crippen molar-refractivity contribution in [2.45, 2.75) is 10.6 Å². The lowest BCUT2D eigenvalue weighted by molar-refractivity contribution is 0.414. The Kier molecular flexibility index (Phi) is 5.20. The predicted molar refractivity (Wildman–Crippen MR) is 83.9 cm³/mol. The lowest BCUT2D eigenvalue weighted by atomic mass is 10.1. The van der Waals surface area contributed by atoms with Crippen LogP contribution in [0.25, 0.3) is 0 Å². The fourth-order valence-corrected chi connectivity index (χ4v) is 5.07. The lowest BCUT2D eigenvalue weighted by Gasteiger charge is -2.06. The highest BCUT2D eigenvalue weighted by atomic mass is 79.9. The van der Waals surface area contributed by atoms with Crippen LogP contribution in [0.3, 0.4) is 0 Å². The third-order valence-electron chi connectivity index (χ3n) is 2.69. The Morgan fingerprint density at radius 1 is 1.25 bits per heavy atom. The predicted octanol–water partition coefficient (Wildman–Crippen LogP) is 3.04. The highest BCUT2D eigenvalue weighted by Crippen LogP contribution is 2.27. The van der Waals surface area contributed by atoms with E-state index in [4.69, 9.17) is 4.74 Å². The van der Waals surface area contributed by atoms with E-state index in [1.165, 1.54) is 11.3 Å². The first-order valence-corrected chi connectivity index (χ1v) is 9.04. The minimum Gasteiger partial charge on any atom is -0.497 e. The standard InChI is InChI=1S/C13H14BrNO3S2/c1-18-11-4-2-10(3-5-11)6-8-15-20(16,17)13-12(14)7-9-19-13/h2-5,7,9,15H,6,8H2,1H3. The number of hydrogen-bond donors (Lipinski definition) is 1. The van der Waals surface area contributed by atoms with Crippen LogP contribution in [0.2, 0.25) is 0 Å². The molecule has 0 aliphatic carbocycles. The summed E-state index contributed by atoms with van der Waals surface area (Å²) >= 11 is 4.43. The first-order chi connectivity index (χ1) is 9.53. The molecule has 0 aliphatic heterocycles. The Balaban J connectivity index is 1.94. The highest BCUT2D eigenvalue weighted by Gasteiger charge is 2.18. The number of sulfonamides is 1. The third kappa shape index (κ3) is 3.82. The van der Waals surface area contributed by atoms with Gasteiger partial charge in [0, 0.05) is 11.0 Å². The van der Waals surface area contributed by atoms with E-state index in [-0.39, 0.29) is 0 Å². The summed E-state index contributed by atoms with van der Waals surface area (Å²) < 4.78 is 32.7. The number of benzene rings is 1. The van der Waals surface area contributed by atoms with E-state index in [2.05, 4.69) is 20.7 Å². The van der Waals surface area contributed by atoms with Crippen LogP contribution in [0.4, 0.5) is 0 Å². The summed E-state index contributed by atoms with van der Waals surface area (Å²) in [6, 6.07) is 9.30. The van der Waals surface area contributed by atoms with E-state index in [0.717, 1.165) is 11.3 Å². The van der Waals surface area contributed by atoms with Crippen LogP contribution in [0.1, 0.15) is 5.56 Å². The van der Waals surface area contributed by atoms with Gasteiger partial charge in [-0.3, -0.25) is 0 Å². The summed E-state index contributed by atoms with van der Waals surface area (Å²) in [7, 11) is -1.82. The van der Waals surface area contributed by atoms with Crippen molar-refractivity contribution >= 4 is 37.3 Å². The molecule has 0 bridgehead atoms. The molecule has 0 aliphatic rings. The molecule has 0 radical (unpaired) electrons. The zero-order valence-electron chi connectivity index (χ0n) is 10.8. The van der Waals surface area contributed by atoms with Gasteiger partial charge in [-0.2, -0.15) is 0 Å². The second kappa shape index (κ2) is 6.71. The van der Waals surface area contributed by atoms with Crippen LogP contribution in [-0.4, -0.2) is 22.1 Å². The molecule has 2 rings (SSSR count). The molecule has 108 valence electrons. The van der Waals surface area contributed by atoms with Gasteiger partial charge in [0.15, 0.2) is 0 Å². The second-order valence-electron chi connectivity index (χ2n) is 4.05. The summed E-state index contributed by atoms with van der Waals surface area (Å²) in [4.78, 5) is 0. The first-order valence-electron chi connectivity index (χ1n) is 5.88. The number of methoxy groups -OCH3 is 1. The van der Waals surface area contributed by atoms with Gasteiger partial charge in [0.1, 0.15) is 9.96 Å². The Bertz CT molecular complexity index is 665. The zero-order chi connectivity index (χ0) is 14.6. The van der Waals surface area contributed by atoms with Gasteiger partial charge in [0.05, 0.1) is 7.11 Å². The average Bonchev–Trinajstić information content (AvgIpc) is 2.86. The molecule has 7 heteroatoms. The Morgan fingerprint density at radius 3 is 2.50 bits per heavy atom. The van der Waals surface area contributed by atoms with E-state index >= 15 is 0 Å². The van der Waals surface area contributed by atoms with Crippen molar-refractivity contribution in [3.8, 4) is 5.75 Å². The first kappa shape index (κ1) is 15.5. The Labute approximate surface area is 131 Å². The van der Waals surface area contributed by atoms with Gasteiger partial charge in [-0.1, -0.05) is 12.1 Å². The van der Waals surface area contributed by atoms with Crippen molar-refractivity contribution in [1.82, 2.24) is 4.72 Å². The fraction of sp³-hybridized carbons (Fsp3) is 0.231. The molecule has 2 aromatic rings. The molecule has 0 amide bonds. The topological polar surface area (TPSA) is 55.4 Å². The normalized spacial score (nSPS) is 11.5. The van der Waals surface area contributed by atoms with Crippen molar-refractivity contribution < 1.29 is 13.2 Å². The van der Waals surface area contributed by atoms with Crippen LogP contribution in [0.5, 0.6) is 5.75 Å². The summed E-state index contributed by atoms with van der Waals surface area (Å²) in [5.74, 6) is 0.789. The number of halogens is 1. The highest BCUT2D eigenvalue weighted by molar-refractivity contribution is 9.10. The minimum absolute atomic E-state index is 0.312. The van der Waals surface area contributed by atoms with E-state index in [1.54, 1.807) is 18.6 Å². The molecule has 0 saturated carbocycles. The molecule has 1 heterocycles. The monoisotopic (exact) mass is 375 g/mol. The molecule has 0 spiro atoms. The van der Waals surface area contributed by atoms with E-state index in [9.17, 15) is 8.42 Å². The quantitative estimate of drug-likeness (QED) is 0.843.